The Kier molecular flexibility index (Phi) is 6.80. The molecule has 0 bridgehead atoms. The lowest BCUT2D eigenvalue weighted by Crippen LogP contribution is -2.02. The van der Waals surface area contributed by atoms with E-state index in [1.54, 1.807) is 0 Å². The predicted octanol–water partition coefficient (Wildman–Crippen LogP) is 12.7. The molecule has 0 fully saturated rings. The van der Waals surface area contributed by atoms with Crippen molar-refractivity contribution < 1.29 is 0 Å². The molecule has 10 rings (SSSR count). The SMILES string of the molecule is C1=CC(c2cccc(C3=CC=C(n4c5ccccc5c5ccccc54)CC3)c2)=CC(c2ccc(-n3c4ccccc4c4ccccc43)cc2)C1. The largest absolute Gasteiger partial charge is 0.313 e. The van der Waals surface area contributed by atoms with Crippen LogP contribution in [-0.4, -0.2) is 9.13 Å². The lowest BCUT2D eigenvalue weighted by Gasteiger charge is -2.20. The molecule has 0 amide bonds. The van der Waals surface area contributed by atoms with Crippen molar-refractivity contribution in [3.8, 4) is 5.69 Å². The smallest absolute Gasteiger partial charge is 0.0541 e. The summed E-state index contributed by atoms with van der Waals surface area (Å²) in [7, 11) is 0. The van der Waals surface area contributed by atoms with Crippen LogP contribution in [0.2, 0.25) is 0 Å². The van der Waals surface area contributed by atoms with Gasteiger partial charge in [-0.05, 0) is 95.6 Å². The molecule has 50 heavy (non-hydrogen) atoms. The first-order valence-electron chi connectivity index (χ1n) is 17.8. The second-order valence-electron chi connectivity index (χ2n) is 13.6. The summed E-state index contributed by atoms with van der Waals surface area (Å²) in [6.07, 6.45) is 14.8. The lowest BCUT2D eigenvalue weighted by molar-refractivity contribution is 0.856. The van der Waals surface area contributed by atoms with Gasteiger partial charge in [0.05, 0.1) is 22.1 Å². The summed E-state index contributed by atoms with van der Waals surface area (Å²) in [6.45, 7) is 0. The fraction of sp³-hybridized carbons (Fsp3) is 0.0833. The Labute approximate surface area is 292 Å². The molecule has 2 heteroatoms. The molecule has 0 radical (unpaired) electrons. The van der Waals surface area contributed by atoms with Crippen LogP contribution in [0.3, 0.4) is 0 Å². The van der Waals surface area contributed by atoms with Crippen LogP contribution >= 0.6 is 0 Å². The van der Waals surface area contributed by atoms with Crippen LogP contribution in [0.1, 0.15) is 41.9 Å². The number of fused-ring (bicyclic) bond motifs is 6. The van der Waals surface area contributed by atoms with E-state index in [0.717, 1.165) is 19.3 Å². The van der Waals surface area contributed by atoms with Gasteiger partial charge in [0.2, 0.25) is 0 Å². The lowest BCUT2D eigenvalue weighted by atomic mass is 9.86. The van der Waals surface area contributed by atoms with E-state index >= 15 is 0 Å². The third-order valence-electron chi connectivity index (χ3n) is 10.8. The van der Waals surface area contributed by atoms with Gasteiger partial charge < -0.3 is 9.13 Å². The Balaban J connectivity index is 0.939. The normalized spacial score (nSPS) is 16.2. The standard InChI is InChI=1S/C48H36N2/c1-5-19-45-41(15-1)42-16-2-6-20-46(42)49(45)39-27-23-33(24-28-39)35-11-9-13-37(31-35)38-14-10-12-36(32-38)34-25-29-40(30-26-34)50-47-21-7-3-17-43(47)44-18-4-8-22-48(44)50/h1-11,13-23,25-27,29-32,36H,12,24,28H2. The van der Waals surface area contributed by atoms with E-state index in [2.05, 4.69) is 185 Å². The fourth-order valence-corrected chi connectivity index (χ4v) is 8.36. The second kappa shape index (κ2) is 11.8. The summed E-state index contributed by atoms with van der Waals surface area (Å²) in [5.41, 5.74) is 14.3. The summed E-state index contributed by atoms with van der Waals surface area (Å²) in [5.74, 6) is 0.344. The molecular weight excluding hydrogens is 605 g/mol. The zero-order valence-electron chi connectivity index (χ0n) is 27.8. The minimum absolute atomic E-state index is 0.344. The molecule has 2 nitrogen and oxygen atoms in total. The summed E-state index contributed by atoms with van der Waals surface area (Å²) < 4.78 is 4.85. The maximum absolute atomic E-state index is 2.46. The van der Waals surface area contributed by atoms with Crippen molar-refractivity contribution in [2.75, 3.05) is 0 Å². The fourth-order valence-electron chi connectivity index (χ4n) is 8.36. The van der Waals surface area contributed by atoms with Gasteiger partial charge in [0, 0.05) is 38.8 Å². The van der Waals surface area contributed by atoms with Crippen molar-refractivity contribution in [2.24, 2.45) is 0 Å². The molecule has 8 aromatic rings. The van der Waals surface area contributed by atoms with Gasteiger partial charge >= 0.3 is 0 Å². The van der Waals surface area contributed by atoms with Gasteiger partial charge in [-0.1, -0.05) is 127 Å². The van der Waals surface area contributed by atoms with Crippen LogP contribution in [0.5, 0.6) is 0 Å². The van der Waals surface area contributed by atoms with E-state index < -0.39 is 0 Å². The molecule has 1 unspecified atom stereocenters. The van der Waals surface area contributed by atoms with E-state index in [4.69, 9.17) is 0 Å². The van der Waals surface area contributed by atoms with E-state index in [1.165, 1.54) is 82.8 Å². The number of hydrogen-bond donors (Lipinski definition) is 0. The molecule has 2 aliphatic carbocycles. The Morgan fingerprint density at radius 1 is 0.480 bits per heavy atom. The molecule has 238 valence electrons. The van der Waals surface area contributed by atoms with Crippen LogP contribution in [-0.2, 0) is 0 Å². The van der Waals surface area contributed by atoms with Crippen molar-refractivity contribution in [3.63, 3.8) is 0 Å². The van der Waals surface area contributed by atoms with Crippen LogP contribution in [0.15, 0.2) is 176 Å². The van der Waals surface area contributed by atoms with Gasteiger partial charge in [-0.2, -0.15) is 0 Å². The highest BCUT2D eigenvalue weighted by Crippen LogP contribution is 2.38. The zero-order valence-corrected chi connectivity index (χ0v) is 27.8. The van der Waals surface area contributed by atoms with E-state index in [9.17, 15) is 0 Å². The third kappa shape index (κ3) is 4.71. The molecule has 2 aromatic heterocycles. The molecular formula is C48H36N2. The molecule has 2 heterocycles. The van der Waals surface area contributed by atoms with Gasteiger partial charge in [-0.25, -0.2) is 0 Å². The minimum atomic E-state index is 0.344. The Morgan fingerprint density at radius 3 is 1.62 bits per heavy atom. The minimum Gasteiger partial charge on any atom is -0.313 e. The van der Waals surface area contributed by atoms with Crippen molar-refractivity contribution in [1.29, 1.82) is 0 Å². The summed E-state index contributed by atoms with van der Waals surface area (Å²) in [5, 5.41) is 5.22. The zero-order chi connectivity index (χ0) is 33.0. The molecule has 0 saturated heterocycles. The highest BCUT2D eigenvalue weighted by Gasteiger charge is 2.18. The van der Waals surface area contributed by atoms with Crippen molar-refractivity contribution >= 4 is 60.5 Å². The molecule has 0 saturated carbocycles. The molecule has 0 spiro atoms. The Bertz CT molecular complexity index is 2620. The summed E-state index contributed by atoms with van der Waals surface area (Å²) in [6, 6.07) is 53.3. The first-order chi connectivity index (χ1) is 24.8. The van der Waals surface area contributed by atoms with Crippen LogP contribution in [0.25, 0.3) is 66.1 Å². The van der Waals surface area contributed by atoms with E-state index in [-0.39, 0.29) is 0 Å². The Morgan fingerprint density at radius 2 is 1.04 bits per heavy atom. The summed E-state index contributed by atoms with van der Waals surface area (Å²) >= 11 is 0. The third-order valence-corrected chi connectivity index (χ3v) is 10.8. The molecule has 1 atom stereocenters. The number of nitrogens with zero attached hydrogens (tertiary/aromatic N) is 2. The van der Waals surface area contributed by atoms with Crippen molar-refractivity contribution in [3.05, 3.63) is 193 Å². The van der Waals surface area contributed by atoms with Crippen LogP contribution in [0.4, 0.5) is 0 Å². The number of rotatable bonds is 5. The second-order valence-corrected chi connectivity index (χ2v) is 13.6. The van der Waals surface area contributed by atoms with E-state index in [1.807, 2.05) is 0 Å². The van der Waals surface area contributed by atoms with Crippen molar-refractivity contribution in [2.45, 2.75) is 25.2 Å². The van der Waals surface area contributed by atoms with E-state index in [0.29, 0.717) is 5.92 Å². The highest BCUT2D eigenvalue weighted by molar-refractivity contribution is 6.10. The molecule has 0 N–H and O–H groups in total. The highest BCUT2D eigenvalue weighted by atomic mass is 15.0. The Hall–Kier alpha value is -6.12. The molecule has 2 aliphatic rings. The number of benzene rings is 6. The quantitative estimate of drug-likeness (QED) is 0.177. The van der Waals surface area contributed by atoms with Crippen molar-refractivity contribution in [1.82, 2.24) is 9.13 Å². The first kappa shape index (κ1) is 28.9. The van der Waals surface area contributed by atoms with Gasteiger partial charge in [0.15, 0.2) is 0 Å². The summed E-state index contributed by atoms with van der Waals surface area (Å²) in [4.78, 5) is 0. The average molecular weight is 641 g/mol. The molecule has 6 aromatic carbocycles. The number of allylic oxidation sites excluding steroid dienone is 8. The predicted molar refractivity (Wildman–Crippen MR) is 213 cm³/mol. The number of aromatic nitrogens is 2. The van der Waals surface area contributed by atoms with Crippen LogP contribution in [0, 0.1) is 0 Å². The maximum atomic E-state index is 2.46. The monoisotopic (exact) mass is 640 g/mol. The molecule has 0 aliphatic heterocycles. The number of hydrogen-bond acceptors (Lipinski definition) is 0. The first-order valence-corrected chi connectivity index (χ1v) is 17.8. The van der Waals surface area contributed by atoms with Gasteiger partial charge in [-0.15, -0.1) is 0 Å². The van der Waals surface area contributed by atoms with Gasteiger partial charge in [-0.3, -0.25) is 0 Å². The maximum Gasteiger partial charge on any atom is 0.0541 e. The average Bonchev–Trinajstić information content (AvgIpc) is 3.71. The topological polar surface area (TPSA) is 9.86 Å². The van der Waals surface area contributed by atoms with Gasteiger partial charge in [0.1, 0.15) is 0 Å². The number of para-hydroxylation sites is 4. The van der Waals surface area contributed by atoms with Crippen LogP contribution < -0.4 is 0 Å². The van der Waals surface area contributed by atoms with Gasteiger partial charge in [0.25, 0.3) is 0 Å².